The monoisotopic (exact) mass is 382 g/mol. The Morgan fingerprint density at radius 3 is 2.23 bits per heavy atom. The molecule has 1 aromatic rings. The Labute approximate surface area is 157 Å². The van der Waals surface area contributed by atoms with Gasteiger partial charge in [-0.15, -0.1) is 0 Å². The van der Waals surface area contributed by atoms with Crippen molar-refractivity contribution >= 4 is 29.3 Å². The van der Waals surface area contributed by atoms with Crippen LogP contribution in [0.3, 0.4) is 0 Å². The molecular formula is C19H23ClO6. The van der Waals surface area contributed by atoms with E-state index in [-0.39, 0.29) is 19.6 Å². The zero-order chi connectivity index (χ0) is 19.5. The van der Waals surface area contributed by atoms with Gasteiger partial charge in [0.1, 0.15) is 5.92 Å². The molecule has 0 aliphatic heterocycles. The summed E-state index contributed by atoms with van der Waals surface area (Å²) in [5.74, 6) is -5.00. The van der Waals surface area contributed by atoms with Crippen molar-refractivity contribution in [2.75, 3.05) is 13.2 Å². The fourth-order valence-electron chi connectivity index (χ4n) is 3.56. The molecule has 0 heterocycles. The normalized spacial score (nSPS) is 28.5. The van der Waals surface area contributed by atoms with Crippen LogP contribution in [0.15, 0.2) is 24.3 Å². The highest BCUT2D eigenvalue weighted by Gasteiger charge is 2.57. The summed E-state index contributed by atoms with van der Waals surface area (Å²) >= 11 is 5.93. The van der Waals surface area contributed by atoms with Gasteiger partial charge in [0.05, 0.1) is 24.7 Å². The van der Waals surface area contributed by atoms with Gasteiger partial charge in [-0.05, 0) is 38.5 Å². The smallest absolute Gasteiger partial charge is 0.317 e. The molecule has 2 rings (SSSR count). The number of carbonyl (C=O) groups excluding carboxylic acids is 3. The average Bonchev–Trinajstić information content (AvgIpc) is 2.54. The minimum atomic E-state index is -1.64. The molecule has 1 aromatic carbocycles. The fourth-order valence-corrected chi connectivity index (χ4v) is 3.69. The molecule has 1 saturated carbocycles. The fraction of sp³-hybridized carbons (Fsp3) is 0.526. The number of ketones is 1. The number of aliphatic hydroxyl groups is 1. The third-order valence-electron chi connectivity index (χ3n) is 4.60. The van der Waals surface area contributed by atoms with E-state index in [1.165, 1.54) is 6.92 Å². The van der Waals surface area contributed by atoms with Crippen LogP contribution in [0.2, 0.25) is 5.02 Å². The standard InChI is InChI=1S/C19H23ClO6/c1-4-25-17(22)15-13(21)10-19(3,24)16(18(23)26-5-2)14(15)11-6-8-12(20)9-7-11/h6-9,14-16,24H,4-5,10H2,1-3H3/t14-,15-,16-,19+/m1/s1. The maximum atomic E-state index is 12.7. The van der Waals surface area contributed by atoms with Crippen molar-refractivity contribution < 1.29 is 29.0 Å². The second kappa shape index (κ2) is 8.18. The summed E-state index contributed by atoms with van der Waals surface area (Å²) in [6, 6.07) is 6.49. The van der Waals surface area contributed by atoms with Gasteiger partial charge in [0, 0.05) is 17.4 Å². The minimum absolute atomic E-state index is 0.108. The van der Waals surface area contributed by atoms with Crippen LogP contribution in [-0.4, -0.2) is 41.6 Å². The van der Waals surface area contributed by atoms with Gasteiger partial charge >= 0.3 is 11.9 Å². The van der Waals surface area contributed by atoms with E-state index in [1.54, 1.807) is 38.1 Å². The number of carbonyl (C=O) groups is 3. The van der Waals surface area contributed by atoms with E-state index in [0.29, 0.717) is 10.6 Å². The molecule has 1 aliphatic rings. The number of hydrogen-bond donors (Lipinski definition) is 1. The molecule has 0 radical (unpaired) electrons. The summed E-state index contributed by atoms with van der Waals surface area (Å²) in [6.45, 7) is 4.94. The molecule has 0 amide bonds. The molecule has 0 unspecified atom stereocenters. The van der Waals surface area contributed by atoms with Crippen molar-refractivity contribution in [3.63, 3.8) is 0 Å². The number of halogens is 1. The predicted octanol–water partition coefficient (Wildman–Crippen LogP) is 2.51. The zero-order valence-corrected chi connectivity index (χ0v) is 15.8. The van der Waals surface area contributed by atoms with Crippen LogP contribution in [0.1, 0.15) is 38.7 Å². The Kier molecular flexibility index (Phi) is 6.42. The van der Waals surface area contributed by atoms with E-state index in [0.717, 1.165) is 0 Å². The summed E-state index contributed by atoms with van der Waals surface area (Å²) in [7, 11) is 0. The molecule has 1 fully saturated rings. The van der Waals surface area contributed by atoms with Gasteiger partial charge in [0.2, 0.25) is 0 Å². The van der Waals surface area contributed by atoms with Crippen molar-refractivity contribution in [1.29, 1.82) is 0 Å². The second-order valence-electron chi connectivity index (χ2n) is 6.54. The summed E-state index contributed by atoms with van der Waals surface area (Å²) < 4.78 is 10.2. The molecule has 0 bridgehead atoms. The molecule has 26 heavy (non-hydrogen) atoms. The zero-order valence-electron chi connectivity index (χ0n) is 15.0. The first-order valence-corrected chi connectivity index (χ1v) is 8.94. The predicted molar refractivity (Wildman–Crippen MR) is 94.7 cm³/mol. The van der Waals surface area contributed by atoms with Crippen molar-refractivity contribution in [2.24, 2.45) is 11.8 Å². The summed E-state index contributed by atoms with van der Waals surface area (Å²) in [4.78, 5) is 37.8. The van der Waals surface area contributed by atoms with Crippen LogP contribution in [0.25, 0.3) is 0 Å². The van der Waals surface area contributed by atoms with Crippen molar-refractivity contribution in [2.45, 2.75) is 38.7 Å². The molecule has 4 atom stereocenters. The third kappa shape index (κ3) is 4.07. The van der Waals surface area contributed by atoms with Gasteiger partial charge < -0.3 is 14.6 Å². The van der Waals surface area contributed by atoms with E-state index in [9.17, 15) is 19.5 Å². The summed E-state index contributed by atoms with van der Waals surface area (Å²) in [5.41, 5.74) is -1.10. The van der Waals surface area contributed by atoms with E-state index < -0.39 is 41.1 Å². The van der Waals surface area contributed by atoms with Gasteiger partial charge in [0.15, 0.2) is 5.78 Å². The van der Waals surface area contributed by atoms with Crippen LogP contribution in [0.4, 0.5) is 0 Å². The van der Waals surface area contributed by atoms with E-state index in [1.807, 2.05) is 0 Å². The lowest BCUT2D eigenvalue weighted by atomic mass is 9.62. The van der Waals surface area contributed by atoms with Crippen molar-refractivity contribution in [1.82, 2.24) is 0 Å². The van der Waals surface area contributed by atoms with Crippen LogP contribution < -0.4 is 0 Å². The highest BCUT2D eigenvalue weighted by Crippen LogP contribution is 2.46. The first kappa shape index (κ1) is 20.4. The molecule has 0 saturated heterocycles. The summed E-state index contributed by atoms with van der Waals surface area (Å²) in [5, 5.41) is 11.3. The topological polar surface area (TPSA) is 89.9 Å². The van der Waals surface area contributed by atoms with Crippen LogP contribution in [0, 0.1) is 11.8 Å². The molecule has 1 aliphatic carbocycles. The van der Waals surface area contributed by atoms with E-state index in [4.69, 9.17) is 21.1 Å². The first-order chi connectivity index (χ1) is 12.2. The number of rotatable bonds is 5. The average molecular weight is 383 g/mol. The Morgan fingerprint density at radius 2 is 1.69 bits per heavy atom. The number of esters is 2. The number of benzene rings is 1. The SMILES string of the molecule is CCOC(=O)[C@@H]1C(=O)C[C@](C)(O)[C@@H](C(=O)OCC)[C@@H]1c1ccc(Cl)cc1. The van der Waals surface area contributed by atoms with Crippen LogP contribution in [0.5, 0.6) is 0 Å². The van der Waals surface area contributed by atoms with Gasteiger partial charge in [0.25, 0.3) is 0 Å². The third-order valence-corrected chi connectivity index (χ3v) is 4.86. The quantitative estimate of drug-likeness (QED) is 0.621. The minimum Gasteiger partial charge on any atom is -0.466 e. The van der Waals surface area contributed by atoms with Crippen LogP contribution >= 0.6 is 11.6 Å². The van der Waals surface area contributed by atoms with E-state index >= 15 is 0 Å². The number of hydrogen-bond acceptors (Lipinski definition) is 6. The highest BCUT2D eigenvalue weighted by atomic mass is 35.5. The molecule has 0 spiro atoms. The van der Waals surface area contributed by atoms with Gasteiger partial charge in [-0.25, -0.2) is 0 Å². The largest absolute Gasteiger partial charge is 0.466 e. The summed E-state index contributed by atoms with van der Waals surface area (Å²) in [6.07, 6.45) is -0.329. The Bertz CT molecular complexity index is 682. The van der Waals surface area contributed by atoms with Crippen molar-refractivity contribution in [3.05, 3.63) is 34.9 Å². The lowest BCUT2D eigenvalue weighted by Crippen LogP contribution is -2.55. The maximum Gasteiger partial charge on any atom is 0.317 e. The van der Waals surface area contributed by atoms with Gasteiger partial charge in [-0.2, -0.15) is 0 Å². The number of Topliss-reactive ketones (excluding diaryl/α,β-unsaturated/α-hetero) is 1. The first-order valence-electron chi connectivity index (χ1n) is 8.56. The lowest BCUT2D eigenvalue weighted by molar-refractivity contribution is -0.172. The molecule has 0 aromatic heterocycles. The number of ether oxygens (including phenoxy) is 2. The highest BCUT2D eigenvalue weighted by molar-refractivity contribution is 6.30. The Morgan fingerprint density at radius 1 is 1.15 bits per heavy atom. The maximum absolute atomic E-state index is 12.7. The molecule has 6 nitrogen and oxygen atoms in total. The van der Waals surface area contributed by atoms with Gasteiger partial charge in [-0.3, -0.25) is 14.4 Å². The molecule has 7 heteroatoms. The lowest BCUT2D eigenvalue weighted by Gasteiger charge is -2.43. The van der Waals surface area contributed by atoms with Crippen LogP contribution in [-0.2, 0) is 23.9 Å². The Balaban J connectivity index is 2.59. The van der Waals surface area contributed by atoms with Gasteiger partial charge in [-0.1, -0.05) is 23.7 Å². The van der Waals surface area contributed by atoms with Crippen molar-refractivity contribution in [3.8, 4) is 0 Å². The molecule has 142 valence electrons. The van der Waals surface area contributed by atoms with E-state index in [2.05, 4.69) is 0 Å². The Hall–Kier alpha value is -1.92. The molecule has 1 N–H and O–H groups in total. The second-order valence-corrected chi connectivity index (χ2v) is 6.97. The molecular weight excluding hydrogens is 360 g/mol.